The number of nitrogens with zero attached hydrogens (tertiary/aromatic N) is 5. The van der Waals surface area contributed by atoms with E-state index >= 15 is 0 Å². The van der Waals surface area contributed by atoms with E-state index in [0.717, 1.165) is 24.2 Å². The van der Waals surface area contributed by atoms with E-state index < -0.39 is 0 Å². The molecule has 7 heteroatoms. The van der Waals surface area contributed by atoms with Crippen LogP contribution in [0.2, 0.25) is 0 Å². The van der Waals surface area contributed by atoms with Crippen LogP contribution >= 0.6 is 0 Å². The Morgan fingerprint density at radius 1 is 1.33 bits per heavy atom. The van der Waals surface area contributed by atoms with Crippen molar-refractivity contribution >= 4 is 0 Å². The highest BCUT2D eigenvalue weighted by atomic mass is 16.5. The average molecular weight is 327 g/mol. The van der Waals surface area contributed by atoms with Crippen LogP contribution in [0.1, 0.15) is 41.7 Å². The van der Waals surface area contributed by atoms with Crippen molar-refractivity contribution in [1.82, 2.24) is 24.8 Å². The summed E-state index contributed by atoms with van der Waals surface area (Å²) in [5.41, 5.74) is 4.51. The molecule has 1 fully saturated rings. The zero-order valence-electron chi connectivity index (χ0n) is 14.2. The minimum Gasteiger partial charge on any atom is -0.472 e. The minimum absolute atomic E-state index is 0.364. The molecule has 0 saturated carbocycles. The molecule has 1 aliphatic heterocycles. The normalized spacial score (nSPS) is 18.5. The van der Waals surface area contributed by atoms with Gasteiger partial charge in [-0.2, -0.15) is 10.1 Å². The Kier molecular flexibility index (Phi) is 3.72. The molecule has 4 rings (SSSR count). The molecule has 0 aliphatic carbocycles. The van der Waals surface area contributed by atoms with Crippen LogP contribution in [0, 0.1) is 13.8 Å². The average Bonchev–Trinajstić information content (AvgIpc) is 3.30. The molecular formula is C17H21N5O2. The molecule has 0 amide bonds. The van der Waals surface area contributed by atoms with Crippen molar-refractivity contribution in [3.63, 3.8) is 0 Å². The third-order valence-corrected chi connectivity index (χ3v) is 4.85. The smallest absolute Gasteiger partial charge is 0.241 e. The molecule has 3 aromatic rings. The molecule has 0 unspecified atom stereocenters. The minimum atomic E-state index is 0.364. The highest BCUT2D eigenvalue weighted by molar-refractivity contribution is 5.51. The molecule has 4 heterocycles. The van der Waals surface area contributed by atoms with Crippen LogP contribution in [-0.2, 0) is 13.6 Å². The predicted molar refractivity (Wildman–Crippen MR) is 87.1 cm³/mol. The summed E-state index contributed by atoms with van der Waals surface area (Å²) in [5.74, 6) is 1.21. The van der Waals surface area contributed by atoms with E-state index in [9.17, 15) is 0 Å². The first kappa shape index (κ1) is 15.1. The molecule has 0 radical (unpaired) electrons. The number of hydrogen-bond donors (Lipinski definition) is 0. The number of hydrogen-bond acceptors (Lipinski definition) is 6. The lowest BCUT2D eigenvalue weighted by atomic mass is 10.0. The summed E-state index contributed by atoms with van der Waals surface area (Å²) >= 11 is 0. The molecule has 7 nitrogen and oxygen atoms in total. The molecule has 3 aromatic heterocycles. The van der Waals surface area contributed by atoms with Gasteiger partial charge in [-0.3, -0.25) is 9.58 Å². The standard InChI is InChI=1S/C17H21N5O2/c1-11-16(12(2)21(3)19-11)14-5-4-7-22(14)9-15-18-17(20-24-15)13-6-8-23-10-13/h6,8,10,14H,4-5,7,9H2,1-3H3/t14-/m1/s1. The van der Waals surface area contributed by atoms with Crippen LogP contribution in [0.3, 0.4) is 0 Å². The summed E-state index contributed by atoms with van der Waals surface area (Å²) in [7, 11) is 2.00. The molecule has 24 heavy (non-hydrogen) atoms. The van der Waals surface area contributed by atoms with Gasteiger partial charge in [0.1, 0.15) is 6.26 Å². The van der Waals surface area contributed by atoms with Gasteiger partial charge in [-0.1, -0.05) is 5.16 Å². The van der Waals surface area contributed by atoms with Crippen molar-refractivity contribution in [2.45, 2.75) is 39.3 Å². The van der Waals surface area contributed by atoms with E-state index in [2.05, 4.69) is 34.0 Å². The second-order valence-electron chi connectivity index (χ2n) is 6.36. The molecule has 0 N–H and O–H groups in total. The fraction of sp³-hybridized carbons (Fsp3) is 0.471. The van der Waals surface area contributed by atoms with E-state index in [4.69, 9.17) is 8.94 Å². The number of rotatable bonds is 4. The van der Waals surface area contributed by atoms with Gasteiger partial charge in [-0.05, 0) is 39.3 Å². The van der Waals surface area contributed by atoms with Gasteiger partial charge >= 0.3 is 0 Å². The topological polar surface area (TPSA) is 73.1 Å². The highest BCUT2D eigenvalue weighted by Gasteiger charge is 2.31. The number of aryl methyl sites for hydroxylation is 2. The predicted octanol–water partition coefficient (Wildman–Crippen LogP) is 3.02. The Balaban J connectivity index is 1.56. The Morgan fingerprint density at radius 2 is 2.21 bits per heavy atom. The first-order chi connectivity index (χ1) is 11.6. The lowest BCUT2D eigenvalue weighted by Gasteiger charge is -2.23. The fourth-order valence-corrected chi connectivity index (χ4v) is 3.62. The third-order valence-electron chi connectivity index (χ3n) is 4.85. The van der Waals surface area contributed by atoms with Crippen LogP contribution in [0.25, 0.3) is 11.4 Å². The second kappa shape index (κ2) is 5.90. The van der Waals surface area contributed by atoms with E-state index in [0.29, 0.717) is 24.3 Å². The molecule has 0 spiro atoms. The third kappa shape index (κ3) is 2.54. The Bertz CT molecular complexity index is 833. The maximum Gasteiger partial charge on any atom is 0.241 e. The summed E-state index contributed by atoms with van der Waals surface area (Å²) < 4.78 is 12.5. The first-order valence-electron chi connectivity index (χ1n) is 8.23. The van der Waals surface area contributed by atoms with Gasteiger partial charge in [-0.15, -0.1) is 0 Å². The van der Waals surface area contributed by atoms with E-state index in [1.165, 1.54) is 17.7 Å². The van der Waals surface area contributed by atoms with Gasteiger partial charge in [0.05, 0.1) is 24.1 Å². The number of likely N-dealkylation sites (tertiary alicyclic amines) is 1. The van der Waals surface area contributed by atoms with Gasteiger partial charge < -0.3 is 8.94 Å². The molecule has 0 aromatic carbocycles. The molecule has 1 aliphatic rings. The van der Waals surface area contributed by atoms with Crippen molar-refractivity contribution < 1.29 is 8.94 Å². The molecule has 126 valence electrons. The van der Waals surface area contributed by atoms with Crippen LogP contribution in [-0.4, -0.2) is 31.4 Å². The van der Waals surface area contributed by atoms with E-state index in [1.807, 2.05) is 17.8 Å². The summed E-state index contributed by atoms with van der Waals surface area (Å²) in [6, 6.07) is 2.19. The molecule has 1 saturated heterocycles. The zero-order chi connectivity index (χ0) is 16.7. The van der Waals surface area contributed by atoms with Crippen LogP contribution < -0.4 is 0 Å². The van der Waals surface area contributed by atoms with Crippen molar-refractivity contribution in [3.05, 3.63) is 41.4 Å². The quantitative estimate of drug-likeness (QED) is 0.733. The van der Waals surface area contributed by atoms with E-state index in [1.54, 1.807) is 12.5 Å². The molecule has 1 atom stereocenters. The van der Waals surface area contributed by atoms with Crippen molar-refractivity contribution in [1.29, 1.82) is 0 Å². The van der Waals surface area contributed by atoms with E-state index in [-0.39, 0.29) is 0 Å². The van der Waals surface area contributed by atoms with Crippen molar-refractivity contribution in [2.75, 3.05) is 6.54 Å². The SMILES string of the molecule is Cc1nn(C)c(C)c1[C@H]1CCCN1Cc1nc(-c2ccoc2)no1. The summed E-state index contributed by atoms with van der Waals surface area (Å²) in [5, 5.41) is 8.61. The van der Waals surface area contributed by atoms with Gasteiger partial charge in [0.25, 0.3) is 0 Å². The zero-order valence-corrected chi connectivity index (χ0v) is 14.2. The van der Waals surface area contributed by atoms with Gasteiger partial charge in [0.2, 0.25) is 11.7 Å². The fourth-order valence-electron chi connectivity index (χ4n) is 3.62. The number of aromatic nitrogens is 4. The lowest BCUT2D eigenvalue weighted by Crippen LogP contribution is -2.23. The Labute approximate surface area is 140 Å². The Hall–Kier alpha value is -2.41. The second-order valence-corrected chi connectivity index (χ2v) is 6.36. The number of furan rings is 1. The largest absolute Gasteiger partial charge is 0.472 e. The van der Waals surface area contributed by atoms with Crippen molar-refractivity contribution in [2.24, 2.45) is 7.05 Å². The van der Waals surface area contributed by atoms with Crippen molar-refractivity contribution in [3.8, 4) is 11.4 Å². The molecule has 0 bridgehead atoms. The first-order valence-corrected chi connectivity index (χ1v) is 8.23. The Morgan fingerprint density at radius 3 is 2.92 bits per heavy atom. The van der Waals surface area contributed by atoms with Crippen LogP contribution in [0.5, 0.6) is 0 Å². The maximum absolute atomic E-state index is 5.43. The summed E-state index contributed by atoms with van der Waals surface area (Å²) in [4.78, 5) is 6.90. The molecular weight excluding hydrogens is 306 g/mol. The van der Waals surface area contributed by atoms with Crippen LogP contribution in [0.4, 0.5) is 0 Å². The van der Waals surface area contributed by atoms with Gasteiger partial charge in [0, 0.05) is 24.3 Å². The highest BCUT2D eigenvalue weighted by Crippen LogP contribution is 2.36. The summed E-state index contributed by atoms with van der Waals surface area (Å²) in [6.45, 7) is 5.91. The monoisotopic (exact) mass is 327 g/mol. The van der Waals surface area contributed by atoms with Gasteiger partial charge in [0.15, 0.2) is 0 Å². The summed E-state index contributed by atoms with van der Waals surface area (Å²) in [6.07, 6.45) is 5.53. The van der Waals surface area contributed by atoms with Crippen LogP contribution in [0.15, 0.2) is 27.5 Å². The van der Waals surface area contributed by atoms with Gasteiger partial charge in [-0.25, -0.2) is 0 Å². The lowest BCUT2D eigenvalue weighted by molar-refractivity contribution is 0.211. The maximum atomic E-state index is 5.43.